The van der Waals surface area contributed by atoms with Crippen LogP contribution in [0.25, 0.3) is 0 Å². The molecule has 2 aromatic rings. The van der Waals surface area contributed by atoms with Crippen molar-refractivity contribution in [2.24, 2.45) is 5.92 Å². The summed E-state index contributed by atoms with van der Waals surface area (Å²) >= 11 is 0. The molecule has 1 saturated carbocycles. The van der Waals surface area contributed by atoms with Gasteiger partial charge in [0.2, 0.25) is 5.91 Å². The van der Waals surface area contributed by atoms with Crippen LogP contribution in [-0.4, -0.2) is 30.4 Å². The van der Waals surface area contributed by atoms with Gasteiger partial charge in [0, 0.05) is 43.2 Å². The SMILES string of the molecule is Cc1ccc(CN2CC3(CCN(C(=O)C4CCC4)CC3)c3ccccc32)c(C)c1. The van der Waals surface area contributed by atoms with E-state index in [0.29, 0.717) is 11.8 Å². The predicted molar refractivity (Wildman–Crippen MR) is 118 cm³/mol. The van der Waals surface area contributed by atoms with Gasteiger partial charge >= 0.3 is 0 Å². The summed E-state index contributed by atoms with van der Waals surface area (Å²) in [7, 11) is 0. The maximum atomic E-state index is 12.7. The number of fused-ring (bicyclic) bond motifs is 2. The van der Waals surface area contributed by atoms with Crippen LogP contribution < -0.4 is 4.90 Å². The molecule has 0 aromatic heterocycles. The minimum absolute atomic E-state index is 0.200. The monoisotopic (exact) mass is 388 g/mol. The Labute approximate surface area is 174 Å². The summed E-state index contributed by atoms with van der Waals surface area (Å²) in [4.78, 5) is 17.5. The van der Waals surface area contributed by atoms with Crippen LogP contribution in [0, 0.1) is 19.8 Å². The molecule has 0 atom stereocenters. The first-order valence-corrected chi connectivity index (χ1v) is 11.3. The van der Waals surface area contributed by atoms with Crippen LogP contribution in [-0.2, 0) is 16.8 Å². The third-order valence-corrected chi connectivity index (χ3v) is 7.66. The Balaban J connectivity index is 1.36. The number of anilines is 1. The minimum Gasteiger partial charge on any atom is -0.366 e. The molecule has 0 radical (unpaired) electrons. The van der Waals surface area contributed by atoms with Crippen LogP contribution in [0.15, 0.2) is 42.5 Å². The van der Waals surface area contributed by atoms with E-state index < -0.39 is 0 Å². The highest BCUT2D eigenvalue weighted by Gasteiger charge is 2.45. The van der Waals surface area contributed by atoms with Gasteiger partial charge in [0.05, 0.1) is 0 Å². The number of benzene rings is 2. The lowest BCUT2D eigenvalue weighted by molar-refractivity contribution is -0.139. The first kappa shape index (κ1) is 18.7. The van der Waals surface area contributed by atoms with E-state index in [4.69, 9.17) is 0 Å². The summed E-state index contributed by atoms with van der Waals surface area (Å²) in [5.41, 5.74) is 7.22. The van der Waals surface area contributed by atoms with Crippen molar-refractivity contribution in [3.63, 3.8) is 0 Å². The van der Waals surface area contributed by atoms with Crippen LogP contribution in [0.3, 0.4) is 0 Å². The molecule has 29 heavy (non-hydrogen) atoms. The summed E-state index contributed by atoms with van der Waals surface area (Å²) < 4.78 is 0. The third kappa shape index (κ3) is 3.25. The zero-order chi connectivity index (χ0) is 20.0. The molecule has 1 spiro atoms. The quantitative estimate of drug-likeness (QED) is 0.740. The normalized spacial score (nSPS) is 20.6. The van der Waals surface area contributed by atoms with Gasteiger partial charge in [-0.15, -0.1) is 0 Å². The van der Waals surface area contributed by atoms with Crippen LogP contribution in [0.2, 0.25) is 0 Å². The number of amides is 1. The maximum Gasteiger partial charge on any atom is 0.225 e. The van der Waals surface area contributed by atoms with Gasteiger partial charge in [0.1, 0.15) is 0 Å². The maximum absolute atomic E-state index is 12.7. The summed E-state index contributed by atoms with van der Waals surface area (Å²) in [6.45, 7) is 8.27. The molecular weight excluding hydrogens is 356 g/mol. The van der Waals surface area contributed by atoms with E-state index >= 15 is 0 Å². The third-order valence-electron chi connectivity index (χ3n) is 7.66. The molecule has 3 aliphatic rings. The number of nitrogens with zero attached hydrogens (tertiary/aromatic N) is 2. The second kappa shape index (κ2) is 7.19. The molecule has 0 unspecified atom stereocenters. The molecule has 0 N–H and O–H groups in total. The molecule has 3 nitrogen and oxygen atoms in total. The highest BCUT2D eigenvalue weighted by atomic mass is 16.2. The van der Waals surface area contributed by atoms with Crippen molar-refractivity contribution in [1.29, 1.82) is 0 Å². The zero-order valence-corrected chi connectivity index (χ0v) is 17.8. The number of piperidine rings is 1. The van der Waals surface area contributed by atoms with Crippen molar-refractivity contribution < 1.29 is 4.79 Å². The van der Waals surface area contributed by atoms with E-state index in [-0.39, 0.29) is 5.41 Å². The first-order valence-electron chi connectivity index (χ1n) is 11.3. The van der Waals surface area contributed by atoms with Crippen LogP contribution >= 0.6 is 0 Å². The summed E-state index contributed by atoms with van der Waals surface area (Å²) in [6.07, 6.45) is 5.62. The number of aryl methyl sites for hydroxylation is 2. The Kier molecular flexibility index (Phi) is 4.64. The first-order chi connectivity index (χ1) is 14.1. The highest BCUT2D eigenvalue weighted by molar-refractivity contribution is 5.80. The Morgan fingerprint density at radius 1 is 1.07 bits per heavy atom. The number of carbonyl (C=O) groups excluding carboxylic acids is 1. The number of likely N-dealkylation sites (tertiary alicyclic amines) is 1. The Morgan fingerprint density at radius 3 is 2.52 bits per heavy atom. The van der Waals surface area contributed by atoms with Gasteiger partial charge in [-0.05, 0) is 62.3 Å². The average Bonchev–Trinajstić information content (AvgIpc) is 2.97. The largest absolute Gasteiger partial charge is 0.366 e. The second-order valence-corrected chi connectivity index (χ2v) is 9.54. The Morgan fingerprint density at radius 2 is 1.83 bits per heavy atom. The molecule has 0 bridgehead atoms. The fourth-order valence-corrected chi connectivity index (χ4v) is 5.60. The van der Waals surface area contributed by atoms with Crippen molar-refractivity contribution in [2.45, 2.75) is 57.9 Å². The average molecular weight is 389 g/mol. The van der Waals surface area contributed by atoms with Gasteiger partial charge in [-0.2, -0.15) is 0 Å². The fraction of sp³-hybridized carbons (Fsp3) is 0.500. The van der Waals surface area contributed by atoms with Crippen molar-refractivity contribution in [1.82, 2.24) is 4.90 Å². The lowest BCUT2D eigenvalue weighted by Crippen LogP contribution is -2.49. The van der Waals surface area contributed by atoms with Crippen LogP contribution in [0.1, 0.15) is 54.4 Å². The molecule has 2 fully saturated rings. The van der Waals surface area contributed by atoms with E-state index in [1.54, 1.807) is 0 Å². The zero-order valence-electron chi connectivity index (χ0n) is 17.8. The molecule has 152 valence electrons. The van der Waals surface area contributed by atoms with Crippen molar-refractivity contribution in [3.05, 3.63) is 64.7 Å². The number of hydrogen-bond donors (Lipinski definition) is 0. The predicted octanol–water partition coefficient (Wildman–Crippen LogP) is 4.98. The van der Waals surface area contributed by atoms with Crippen LogP contribution in [0.4, 0.5) is 5.69 Å². The number of hydrogen-bond acceptors (Lipinski definition) is 2. The summed E-state index contributed by atoms with van der Waals surface area (Å²) in [5, 5.41) is 0. The molecular formula is C26H32N2O. The van der Waals surface area contributed by atoms with Crippen LogP contribution in [0.5, 0.6) is 0 Å². The summed E-state index contributed by atoms with van der Waals surface area (Å²) in [5.74, 6) is 0.741. The van der Waals surface area contributed by atoms with E-state index in [9.17, 15) is 4.79 Å². The van der Waals surface area contributed by atoms with E-state index in [0.717, 1.165) is 51.9 Å². The smallest absolute Gasteiger partial charge is 0.225 e. The Bertz CT molecular complexity index is 922. The van der Waals surface area contributed by atoms with Gasteiger partial charge in [-0.3, -0.25) is 4.79 Å². The lowest BCUT2D eigenvalue weighted by Gasteiger charge is -2.42. The van der Waals surface area contributed by atoms with Crippen molar-refractivity contribution >= 4 is 11.6 Å². The topological polar surface area (TPSA) is 23.6 Å². The molecule has 3 heteroatoms. The van der Waals surface area contributed by atoms with E-state index in [1.165, 1.54) is 34.4 Å². The van der Waals surface area contributed by atoms with Gasteiger partial charge in [-0.1, -0.05) is 48.4 Å². The highest BCUT2D eigenvalue weighted by Crippen LogP contribution is 2.47. The van der Waals surface area contributed by atoms with E-state index in [1.807, 2.05) is 0 Å². The van der Waals surface area contributed by atoms with Gasteiger partial charge < -0.3 is 9.80 Å². The number of rotatable bonds is 3. The Hall–Kier alpha value is -2.29. The van der Waals surface area contributed by atoms with Crippen molar-refractivity contribution in [2.75, 3.05) is 24.5 Å². The lowest BCUT2D eigenvalue weighted by atomic mass is 9.73. The molecule has 1 amide bonds. The van der Waals surface area contributed by atoms with Gasteiger partial charge in [-0.25, -0.2) is 0 Å². The minimum atomic E-state index is 0.200. The molecule has 2 aromatic carbocycles. The second-order valence-electron chi connectivity index (χ2n) is 9.54. The molecule has 5 rings (SSSR count). The molecule has 2 heterocycles. The number of para-hydroxylation sites is 1. The van der Waals surface area contributed by atoms with Gasteiger partial charge in [0.25, 0.3) is 0 Å². The molecule has 1 saturated heterocycles. The number of carbonyl (C=O) groups is 1. The van der Waals surface area contributed by atoms with Gasteiger partial charge in [0.15, 0.2) is 0 Å². The molecule has 2 aliphatic heterocycles. The summed E-state index contributed by atoms with van der Waals surface area (Å²) in [6, 6.07) is 15.8. The van der Waals surface area contributed by atoms with Crippen molar-refractivity contribution in [3.8, 4) is 0 Å². The fourth-order valence-electron chi connectivity index (χ4n) is 5.60. The standard InChI is InChI=1S/C26H32N2O/c1-19-10-11-22(20(2)16-19)17-28-18-26(23-8-3-4-9-24(23)28)12-14-27(15-13-26)25(29)21-6-5-7-21/h3-4,8-11,16,21H,5-7,12-15,17-18H2,1-2H3. The van der Waals surface area contributed by atoms with E-state index in [2.05, 4.69) is 66.1 Å². The molecule has 1 aliphatic carbocycles.